The Kier molecular flexibility index (Phi) is 9.00. The van der Waals surface area contributed by atoms with Gasteiger partial charge >= 0.3 is 0 Å². The monoisotopic (exact) mass is 198 g/mol. The maximum Gasteiger partial charge on any atom is 0.0247 e. The molecule has 0 fully saturated rings. The van der Waals surface area contributed by atoms with Crippen LogP contribution in [0.25, 0.3) is 0 Å². The van der Waals surface area contributed by atoms with Gasteiger partial charge in [0.15, 0.2) is 0 Å². The smallest absolute Gasteiger partial charge is 0.0247 e. The molecule has 3 N–H and O–H groups in total. The Hall–Kier alpha value is -0.340. The summed E-state index contributed by atoms with van der Waals surface area (Å²) in [5.41, 5.74) is 4.07. The van der Waals surface area contributed by atoms with Crippen molar-refractivity contribution in [2.24, 2.45) is 5.84 Å². The predicted octanol–water partition coefficient (Wildman–Crippen LogP) is 3.15. The van der Waals surface area contributed by atoms with E-state index >= 15 is 0 Å². The molecule has 0 radical (unpaired) electrons. The molecule has 0 bridgehead atoms. The average Bonchev–Trinajstić information content (AvgIpc) is 2.15. The summed E-state index contributed by atoms with van der Waals surface area (Å²) >= 11 is 0. The maximum atomic E-state index is 5.47. The van der Waals surface area contributed by atoms with E-state index in [-0.39, 0.29) is 0 Å². The van der Waals surface area contributed by atoms with Gasteiger partial charge in [-0.05, 0) is 19.8 Å². The van der Waals surface area contributed by atoms with Crippen molar-refractivity contribution < 1.29 is 0 Å². The lowest BCUT2D eigenvalue weighted by Gasteiger charge is -2.15. The van der Waals surface area contributed by atoms with Crippen LogP contribution >= 0.6 is 0 Å². The third-order valence-electron chi connectivity index (χ3n) is 2.49. The molecule has 0 aromatic rings. The highest BCUT2D eigenvalue weighted by atomic mass is 15.2. The first kappa shape index (κ1) is 13.7. The average molecular weight is 198 g/mol. The second-order valence-corrected chi connectivity index (χ2v) is 4.23. The van der Waals surface area contributed by atoms with Crippen molar-refractivity contribution in [3.63, 3.8) is 0 Å². The molecule has 0 spiro atoms. The largest absolute Gasteiger partial charge is 0.271 e. The number of hydrazine groups is 1. The van der Waals surface area contributed by atoms with Gasteiger partial charge < -0.3 is 0 Å². The van der Waals surface area contributed by atoms with Gasteiger partial charge in [-0.3, -0.25) is 11.3 Å². The quantitative estimate of drug-likeness (QED) is 0.258. The van der Waals surface area contributed by atoms with E-state index in [4.69, 9.17) is 5.84 Å². The summed E-state index contributed by atoms with van der Waals surface area (Å²) in [4.78, 5) is 0. The van der Waals surface area contributed by atoms with Gasteiger partial charge in [0.2, 0.25) is 0 Å². The van der Waals surface area contributed by atoms with Crippen LogP contribution in [0.15, 0.2) is 12.2 Å². The van der Waals surface area contributed by atoms with E-state index in [0.29, 0.717) is 6.04 Å². The van der Waals surface area contributed by atoms with Crippen LogP contribution in [0.2, 0.25) is 0 Å². The molecule has 1 unspecified atom stereocenters. The van der Waals surface area contributed by atoms with Gasteiger partial charge in [0.05, 0.1) is 0 Å². The van der Waals surface area contributed by atoms with Gasteiger partial charge in [0.25, 0.3) is 0 Å². The molecule has 0 amide bonds. The molecule has 2 heteroatoms. The van der Waals surface area contributed by atoms with Crippen LogP contribution < -0.4 is 11.3 Å². The van der Waals surface area contributed by atoms with E-state index in [9.17, 15) is 0 Å². The SMILES string of the molecule is C=C(C)CC(CCCCCCC)NN. The second kappa shape index (κ2) is 9.22. The molecule has 0 aliphatic heterocycles. The fourth-order valence-electron chi connectivity index (χ4n) is 1.66. The number of nitrogens with one attached hydrogen (secondary N) is 1. The summed E-state index contributed by atoms with van der Waals surface area (Å²) in [6, 6.07) is 0.425. The van der Waals surface area contributed by atoms with Crippen LogP contribution in [0.5, 0.6) is 0 Å². The molecule has 14 heavy (non-hydrogen) atoms. The summed E-state index contributed by atoms with van der Waals surface area (Å²) in [5.74, 6) is 5.47. The van der Waals surface area contributed by atoms with Crippen molar-refractivity contribution in [3.05, 3.63) is 12.2 Å². The minimum atomic E-state index is 0.425. The van der Waals surface area contributed by atoms with E-state index in [1.54, 1.807) is 0 Å². The summed E-state index contributed by atoms with van der Waals surface area (Å²) in [5, 5.41) is 0. The number of unbranched alkanes of at least 4 members (excludes halogenated alkanes) is 4. The highest BCUT2D eigenvalue weighted by Crippen LogP contribution is 2.11. The minimum absolute atomic E-state index is 0.425. The molecule has 84 valence electrons. The van der Waals surface area contributed by atoms with Crippen LogP contribution in [0.1, 0.15) is 58.8 Å². The van der Waals surface area contributed by atoms with Crippen LogP contribution in [0.4, 0.5) is 0 Å². The Morgan fingerprint density at radius 3 is 2.43 bits per heavy atom. The van der Waals surface area contributed by atoms with Gasteiger partial charge in [0.1, 0.15) is 0 Å². The highest BCUT2D eigenvalue weighted by Gasteiger charge is 2.05. The Bertz CT molecular complexity index is 143. The fraction of sp³-hybridized carbons (Fsp3) is 0.833. The Morgan fingerprint density at radius 2 is 1.93 bits per heavy atom. The molecule has 1 atom stereocenters. The molecule has 0 heterocycles. The van der Waals surface area contributed by atoms with E-state index in [2.05, 4.69) is 25.9 Å². The van der Waals surface area contributed by atoms with Crippen molar-refractivity contribution >= 4 is 0 Å². The molecule has 2 nitrogen and oxygen atoms in total. The topological polar surface area (TPSA) is 38.0 Å². The normalized spacial score (nSPS) is 12.8. The molecule has 0 saturated carbocycles. The molecule has 0 saturated heterocycles. The van der Waals surface area contributed by atoms with Crippen molar-refractivity contribution in [3.8, 4) is 0 Å². The summed E-state index contributed by atoms with van der Waals surface area (Å²) in [6.45, 7) is 8.20. The van der Waals surface area contributed by atoms with Gasteiger partial charge in [0, 0.05) is 6.04 Å². The molecule has 0 aromatic heterocycles. The van der Waals surface area contributed by atoms with E-state index in [1.807, 2.05) is 0 Å². The minimum Gasteiger partial charge on any atom is -0.271 e. The maximum absolute atomic E-state index is 5.47. The predicted molar refractivity (Wildman–Crippen MR) is 63.9 cm³/mol. The summed E-state index contributed by atoms with van der Waals surface area (Å²) in [6.07, 6.45) is 8.83. The first-order valence-corrected chi connectivity index (χ1v) is 5.81. The third-order valence-corrected chi connectivity index (χ3v) is 2.49. The molecule has 0 aromatic carbocycles. The number of nitrogens with two attached hydrogens (primary N) is 1. The standard InChI is InChI=1S/C12H26N2/c1-4-5-6-7-8-9-12(14-13)10-11(2)3/h12,14H,2,4-10,13H2,1,3H3. The Balaban J connectivity index is 3.38. The van der Waals surface area contributed by atoms with Gasteiger partial charge in [-0.25, -0.2) is 0 Å². The van der Waals surface area contributed by atoms with Gasteiger partial charge in [-0.15, -0.1) is 6.58 Å². The highest BCUT2D eigenvalue weighted by molar-refractivity contribution is 4.92. The molecule has 0 rings (SSSR count). The summed E-state index contributed by atoms with van der Waals surface area (Å²) in [7, 11) is 0. The number of rotatable bonds is 9. The van der Waals surface area contributed by atoms with E-state index in [0.717, 1.165) is 6.42 Å². The zero-order valence-electron chi connectivity index (χ0n) is 9.81. The van der Waals surface area contributed by atoms with Crippen molar-refractivity contribution in [2.75, 3.05) is 0 Å². The van der Waals surface area contributed by atoms with Crippen molar-refractivity contribution in [1.29, 1.82) is 0 Å². The second-order valence-electron chi connectivity index (χ2n) is 4.23. The van der Waals surface area contributed by atoms with Crippen LogP contribution in [-0.2, 0) is 0 Å². The van der Waals surface area contributed by atoms with Crippen molar-refractivity contribution in [2.45, 2.75) is 64.8 Å². The third kappa shape index (κ3) is 8.27. The van der Waals surface area contributed by atoms with Crippen LogP contribution in [0.3, 0.4) is 0 Å². The Morgan fingerprint density at radius 1 is 1.29 bits per heavy atom. The lowest BCUT2D eigenvalue weighted by Crippen LogP contribution is -2.35. The Labute approximate surface area is 88.9 Å². The van der Waals surface area contributed by atoms with E-state index < -0.39 is 0 Å². The molecular formula is C12H26N2. The molecule has 0 aliphatic rings. The van der Waals surface area contributed by atoms with Crippen LogP contribution in [0, 0.1) is 0 Å². The molecule has 0 aliphatic carbocycles. The first-order valence-electron chi connectivity index (χ1n) is 5.81. The zero-order valence-corrected chi connectivity index (χ0v) is 9.81. The van der Waals surface area contributed by atoms with Gasteiger partial charge in [-0.1, -0.05) is 44.6 Å². The molecular weight excluding hydrogens is 172 g/mol. The van der Waals surface area contributed by atoms with Crippen molar-refractivity contribution in [1.82, 2.24) is 5.43 Å². The van der Waals surface area contributed by atoms with E-state index in [1.165, 1.54) is 44.1 Å². The lowest BCUT2D eigenvalue weighted by molar-refractivity contribution is 0.460. The first-order chi connectivity index (χ1) is 6.70. The van der Waals surface area contributed by atoms with Gasteiger partial charge in [-0.2, -0.15) is 0 Å². The zero-order chi connectivity index (χ0) is 10.8. The fourth-order valence-corrected chi connectivity index (χ4v) is 1.66. The summed E-state index contributed by atoms with van der Waals surface area (Å²) < 4.78 is 0. The number of hydrogen-bond donors (Lipinski definition) is 2. The number of hydrogen-bond acceptors (Lipinski definition) is 2. The lowest BCUT2D eigenvalue weighted by atomic mass is 10.0. The van der Waals surface area contributed by atoms with Crippen LogP contribution in [-0.4, -0.2) is 6.04 Å².